The lowest BCUT2D eigenvalue weighted by atomic mass is 9.76. The third kappa shape index (κ3) is 9.15. The first kappa shape index (κ1) is 37.4. The maximum atomic E-state index is 12.7. The number of unbranched alkanes of at least 4 members (excludes halogenated alkanes) is 2. The van der Waals surface area contributed by atoms with Crippen molar-refractivity contribution < 1.29 is 58.3 Å². The molecule has 46 heavy (non-hydrogen) atoms. The van der Waals surface area contributed by atoms with Gasteiger partial charge in [0.15, 0.2) is 10.8 Å². The van der Waals surface area contributed by atoms with Crippen LogP contribution in [0.4, 0.5) is 0 Å². The van der Waals surface area contributed by atoms with Crippen molar-refractivity contribution in [3.05, 3.63) is 70.8 Å². The topological polar surface area (TPSA) is 191 Å². The zero-order valence-corrected chi connectivity index (χ0v) is 26.8. The van der Waals surface area contributed by atoms with Crippen molar-refractivity contribution in [3.63, 3.8) is 0 Å². The average molecular weight is 643 g/mol. The lowest BCUT2D eigenvalue weighted by Gasteiger charge is -2.40. The van der Waals surface area contributed by atoms with Gasteiger partial charge in [-0.2, -0.15) is 0 Å². The van der Waals surface area contributed by atoms with Gasteiger partial charge in [-0.1, -0.05) is 63.8 Å². The van der Waals surface area contributed by atoms with Crippen LogP contribution in [0, 0.1) is 10.8 Å². The van der Waals surface area contributed by atoms with E-state index in [0.717, 1.165) is 6.42 Å². The monoisotopic (exact) mass is 642 g/mol. The number of ether oxygens (including phenoxy) is 3. The molecule has 1 saturated heterocycles. The van der Waals surface area contributed by atoms with Crippen molar-refractivity contribution in [2.24, 2.45) is 10.8 Å². The largest absolute Gasteiger partial charge is 0.480 e. The zero-order chi connectivity index (χ0) is 34.7. The number of aromatic carboxylic acids is 1. The molecule has 0 bridgehead atoms. The summed E-state index contributed by atoms with van der Waals surface area (Å²) in [5.41, 5.74) is -1.88. The smallest absolute Gasteiger partial charge is 0.337 e. The van der Waals surface area contributed by atoms with Gasteiger partial charge in [-0.05, 0) is 61.1 Å². The number of benzene rings is 2. The maximum absolute atomic E-state index is 12.7. The number of carbonyl (C=O) groups excluding carboxylic acids is 3. The molecule has 1 heterocycles. The van der Waals surface area contributed by atoms with E-state index >= 15 is 0 Å². The fraction of sp³-hybridized carbons (Fsp3) is 0.471. The number of cyclic esters (lactones) is 2. The van der Waals surface area contributed by atoms with Crippen molar-refractivity contribution in [2.45, 2.75) is 84.8 Å². The number of methoxy groups -OCH3 is 1. The second kappa shape index (κ2) is 16.0. The van der Waals surface area contributed by atoms with E-state index in [2.05, 4.69) is 0 Å². The fourth-order valence-corrected chi connectivity index (χ4v) is 5.12. The van der Waals surface area contributed by atoms with E-state index in [4.69, 9.17) is 19.3 Å². The van der Waals surface area contributed by atoms with Gasteiger partial charge in [0.2, 0.25) is 0 Å². The molecule has 12 nitrogen and oxygen atoms in total. The van der Waals surface area contributed by atoms with Crippen molar-refractivity contribution in [3.8, 4) is 0 Å². The predicted octanol–water partition coefficient (Wildman–Crippen LogP) is 5.30. The van der Waals surface area contributed by atoms with Gasteiger partial charge < -0.3 is 29.5 Å². The number of carboxylic acids is 3. The Morgan fingerprint density at radius 1 is 0.804 bits per heavy atom. The highest BCUT2D eigenvalue weighted by molar-refractivity contribution is 6.02. The summed E-state index contributed by atoms with van der Waals surface area (Å²) in [5, 5.41) is 27.7. The zero-order valence-electron chi connectivity index (χ0n) is 26.8. The highest BCUT2D eigenvalue weighted by Gasteiger charge is 2.55. The number of esters is 3. The highest BCUT2D eigenvalue weighted by atomic mass is 16.7. The second-order valence-electron chi connectivity index (χ2n) is 11.7. The van der Waals surface area contributed by atoms with Gasteiger partial charge in [0, 0.05) is 13.8 Å². The average Bonchev–Trinajstić information content (AvgIpc) is 3.00. The molecule has 0 amide bonds. The molecule has 0 aliphatic carbocycles. The van der Waals surface area contributed by atoms with Crippen LogP contribution in [-0.4, -0.2) is 64.0 Å². The summed E-state index contributed by atoms with van der Waals surface area (Å²) in [4.78, 5) is 71.1. The molecule has 3 rings (SSSR count). The number of aliphatic carboxylic acids is 2. The lowest BCUT2D eigenvalue weighted by Crippen LogP contribution is -2.55. The molecule has 0 atom stereocenters. The summed E-state index contributed by atoms with van der Waals surface area (Å²) in [6, 6.07) is 12.4. The fourth-order valence-electron chi connectivity index (χ4n) is 5.12. The Bertz CT molecular complexity index is 1410. The van der Waals surface area contributed by atoms with E-state index in [9.17, 15) is 39.0 Å². The molecule has 3 N–H and O–H groups in total. The van der Waals surface area contributed by atoms with Gasteiger partial charge in [0.1, 0.15) is 0 Å². The van der Waals surface area contributed by atoms with Crippen LogP contribution in [0.3, 0.4) is 0 Å². The maximum Gasteiger partial charge on any atom is 0.337 e. The SMILES string of the molecule is CCCCC(Cc1cccc(C(=O)O)c1)(C(=O)O)C(=O)O.CCCCC1(Cc2cccc(C(=O)OC)c2)C(=O)OC(C)(C)OC1=O. The minimum Gasteiger partial charge on any atom is -0.480 e. The Morgan fingerprint density at radius 2 is 1.33 bits per heavy atom. The molecular formula is C34H42O12. The second-order valence-corrected chi connectivity index (χ2v) is 11.7. The van der Waals surface area contributed by atoms with Gasteiger partial charge in [-0.25, -0.2) is 9.59 Å². The molecule has 0 saturated carbocycles. The number of carbonyl (C=O) groups is 6. The first-order valence-corrected chi connectivity index (χ1v) is 15.0. The Kier molecular flexibility index (Phi) is 13.0. The first-order chi connectivity index (χ1) is 21.6. The summed E-state index contributed by atoms with van der Waals surface area (Å²) in [5.74, 6) is -6.83. The molecular weight excluding hydrogens is 600 g/mol. The van der Waals surface area contributed by atoms with Crippen molar-refractivity contribution in [1.82, 2.24) is 0 Å². The third-order valence-corrected chi connectivity index (χ3v) is 7.73. The van der Waals surface area contributed by atoms with Crippen LogP contribution in [-0.2, 0) is 46.2 Å². The third-order valence-electron chi connectivity index (χ3n) is 7.73. The first-order valence-electron chi connectivity index (χ1n) is 15.0. The molecule has 250 valence electrons. The van der Waals surface area contributed by atoms with Crippen LogP contribution >= 0.6 is 0 Å². The lowest BCUT2D eigenvalue weighted by molar-refractivity contribution is -0.251. The summed E-state index contributed by atoms with van der Waals surface area (Å²) >= 11 is 0. The molecule has 12 heteroatoms. The Balaban J connectivity index is 0.000000326. The Labute approximate surface area is 267 Å². The van der Waals surface area contributed by atoms with Crippen LogP contribution < -0.4 is 0 Å². The molecule has 2 aromatic rings. The minimum absolute atomic E-state index is 0.00542. The number of hydrogen-bond donors (Lipinski definition) is 3. The number of hydrogen-bond acceptors (Lipinski definition) is 9. The molecule has 0 aromatic heterocycles. The van der Waals surface area contributed by atoms with E-state index in [1.807, 2.05) is 13.8 Å². The summed E-state index contributed by atoms with van der Waals surface area (Å²) in [7, 11) is 1.30. The molecule has 0 unspecified atom stereocenters. The van der Waals surface area contributed by atoms with E-state index in [-0.39, 0.29) is 24.8 Å². The number of rotatable bonds is 14. The van der Waals surface area contributed by atoms with E-state index in [1.165, 1.54) is 39.2 Å². The van der Waals surface area contributed by atoms with Crippen LogP contribution in [0.2, 0.25) is 0 Å². The summed E-state index contributed by atoms with van der Waals surface area (Å²) in [6.45, 7) is 6.89. The van der Waals surface area contributed by atoms with E-state index < -0.39 is 52.4 Å². The van der Waals surface area contributed by atoms with E-state index in [0.29, 0.717) is 42.4 Å². The van der Waals surface area contributed by atoms with Crippen LogP contribution in [0.25, 0.3) is 0 Å². The summed E-state index contributed by atoms with van der Waals surface area (Å²) < 4.78 is 15.4. The predicted molar refractivity (Wildman–Crippen MR) is 164 cm³/mol. The van der Waals surface area contributed by atoms with Gasteiger partial charge in [-0.3, -0.25) is 19.2 Å². The van der Waals surface area contributed by atoms with Crippen LogP contribution in [0.1, 0.15) is 98.1 Å². The molecule has 0 radical (unpaired) electrons. The van der Waals surface area contributed by atoms with Crippen molar-refractivity contribution >= 4 is 35.8 Å². The molecule has 2 aromatic carbocycles. The molecule has 1 fully saturated rings. The molecule has 1 aliphatic heterocycles. The van der Waals surface area contributed by atoms with Gasteiger partial charge in [0.25, 0.3) is 5.79 Å². The van der Waals surface area contributed by atoms with E-state index in [1.54, 1.807) is 30.3 Å². The van der Waals surface area contributed by atoms with Crippen LogP contribution in [0.15, 0.2) is 48.5 Å². The highest BCUT2D eigenvalue weighted by Crippen LogP contribution is 2.39. The van der Waals surface area contributed by atoms with Gasteiger partial charge in [0.05, 0.1) is 18.2 Å². The minimum atomic E-state index is -1.92. The molecule has 1 aliphatic rings. The standard InChI is InChI=1S/C19H24O6.C15H18O6/c1-5-6-10-19(16(21)24-18(2,3)25-17(19)22)12-13-8-7-9-14(11-13)15(20)23-4;1-2-3-7-15(13(18)19,14(20)21)9-10-5-4-6-11(8-10)12(16)17/h7-9,11H,5-6,10,12H2,1-4H3;4-6,8H,2-3,7,9H2,1H3,(H,16,17)(H,18,19)(H,20,21). The quantitative estimate of drug-likeness (QED) is 0.178. The van der Waals surface area contributed by atoms with Crippen molar-refractivity contribution in [1.29, 1.82) is 0 Å². The van der Waals surface area contributed by atoms with Crippen molar-refractivity contribution in [2.75, 3.05) is 7.11 Å². The summed E-state index contributed by atoms with van der Waals surface area (Å²) in [6.07, 6.45) is 2.87. The van der Waals surface area contributed by atoms with Gasteiger partial charge >= 0.3 is 35.8 Å². The molecule has 0 spiro atoms. The van der Waals surface area contributed by atoms with Crippen LogP contribution in [0.5, 0.6) is 0 Å². The number of carboxylic acid groups (broad SMARTS) is 3. The Morgan fingerprint density at radius 3 is 1.83 bits per heavy atom. The Hall–Kier alpha value is -4.74. The normalized spacial score (nSPS) is 15.0. The van der Waals surface area contributed by atoms with Gasteiger partial charge in [-0.15, -0.1) is 0 Å².